The van der Waals surface area contributed by atoms with E-state index >= 15 is 0 Å². The number of aromatic nitrogens is 4. The molecule has 0 spiro atoms. The van der Waals surface area contributed by atoms with E-state index in [1.807, 2.05) is 30.3 Å². The van der Waals surface area contributed by atoms with Gasteiger partial charge in [-0.3, -0.25) is 9.20 Å². The topological polar surface area (TPSA) is 85.3 Å². The number of nitrogens with zero attached hydrogens (tertiary/aromatic N) is 4. The van der Waals surface area contributed by atoms with Crippen molar-refractivity contribution >= 4 is 38.2 Å². The summed E-state index contributed by atoms with van der Waals surface area (Å²) in [4.78, 5) is 24.4. The summed E-state index contributed by atoms with van der Waals surface area (Å²) in [6.45, 7) is 7.24. The largest absolute Gasteiger partial charge is 0.369 e. The van der Waals surface area contributed by atoms with Crippen LogP contribution in [0.15, 0.2) is 53.2 Å². The fourth-order valence-corrected chi connectivity index (χ4v) is 6.53. The van der Waals surface area contributed by atoms with Gasteiger partial charge in [-0.05, 0) is 54.7 Å². The zero-order valence-corrected chi connectivity index (χ0v) is 24.9. The maximum absolute atomic E-state index is 12.7. The van der Waals surface area contributed by atoms with Crippen molar-refractivity contribution in [3.05, 3.63) is 65.7 Å². The Bertz CT molecular complexity index is 1710. The second kappa shape index (κ2) is 10.1. The lowest BCUT2D eigenvalue weighted by molar-refractivity contribution is -0.117. The number of fused-ring (bicyclic) bond motifs is 3. The molecule has 0 amide bonds. The first-order valence-corrected chi connectivity index (χ1v) is 15.6. The summed E-state index contributed by atoms with van der Waals surface area (Å²) in [5.41, 5.74) is 5.08. The van der Waals surface area contributed by atoms with Gasteiger partial charge in [-0.25, -0.2) is 9.97 Å². The molecule has 7 rings (SSSR count). The Labute approximate surface area is 244 Å². The second-order valence-electron chi connectivity index (χ2n) is 13.3. The molecule has 1 N–H and O–H groups in total. The molecule has 4 aromatic heterocycles. The van der Waals surface area contributed by atoms with Crippen LogP contribution in [-0.4, -0.2) is 31.9 Å². The number of Topliss-reactive ketones (excluding diaryl/α,β-unsaturated/α-hetero) is 1. The van der Waals surface area contributed by atoms with E-state index < -0.39 is 0 Å². The van der Waals surface area contributed by atoms with Gasteiger partial charge in [0.05, 0.1) is 23.3 Å². The number of carbonyl (C=O) groups excluding carboxylic acids is 1. The quantitative estimate of drug-likeness (QED) is 0.177. The molecule has 7 nitrogen and oxygen atoms in total. The normalized spacial score (nSPS) is 16.5. The predicted molar refractivity (Wildman–Crippen MR) is 164 cm³/mol. The fourth-order valence-electron chi connectivity index (χ4n) is 5.54. The van der Waals surface area contributed by atoms with Crippen LogP contribution in [0.4, 0.5) is 5.82 Å². The Kier molecular flexibility index (Phi) is 6.49. The third-order valence-corrected chi connectivity index (χ3v) is 9.63. The highest BCUT2D eigenvalue weighted by Gasteiger charge is 2.43. The van der Waals surface area contributed by atoms with Crippen LogP contribution in [0.1, 0.15) is 76.3 Å². The number of hydrogen-bond acceptors (Lipinski definition) is 7. The van der Waals surface area contributed by atoms with Crippen molar-refractivity contribution in [3.63, 3.8) is 0 Å². The summed E-state index contributed by atoms with van der Waals surface area (Å²) < 4.78 is 7.55. The number of imidazole rings is 1. The molecule has 41 heavy (non-hydrogen) atoms. The van der Waals surface area contributed by atoms with Crippen molar-refractivity contribution in [2.24, 2.45) is 11.3 Å². The molecule has 0 saturated heterocycles. The van der Waals surface area contributed by atoms with E-state index in [1.54, 1.807) is 11.3 Å². The van der Waals surface area contributed by atoms with E-state index in [-0.39, 0.29) is 17.6 Å². The number of pyridine rings is 1. The third-order valence-electron chi connectivity index (χ3n) is 8.67. The summed E-state index contributed by atoms with van der Waals surface area (Å²) in [5, 5.41) is 7.71. The number of rotatable bonds is 11. The monoisotopic (exact) mass is 567 g/mol. The van der Waals surface area contributed by atoms with Crippen LogP contribution in [0, 0.1) is 11.3 Å². The Morgan fingerprint density at radius 1 is 1.10 bits per heavy atom. The second-order valence-corrected chi connectivity index (χ2v) is 14.2. The van der Waals surface area contributed by atoms with Gasteiger partial charge in [0.15, 0.2) is 4.96 Å². The zero-order chi connectivity index (χ0) is 28.2. The van der Waals surface area contributed by atoms with E-state index in [4.69, 9.17) is 14.5 Å². The lowest BCUT2D eigenvalue weighted by Gasteiger charge is -2.16. The number of benzene rings is 1. The molecule has 0 radical (unpaired) electrons. The maximum atomic E-state index is 12.7. The molecule has 0 unspecified atom stereocenters. The van der Waals surface area contributed by atoms with Crippen LogP contribution in [0.2, 0.25) is 0 Å². The fraction of sp³-hybridized carbons (Fsp3) is 0.455. The van der Waals surface area contributed by atoms with Crippen molar-refractivity contribution < 1.29 is 9.32 Å². The first kappa shape index (κ1) is 26.4. The van der Waals surface area contributed by atoms with Gasteiger partial charge in [-0.2, -0.15) is 0 Å². The Morgan fingerprint density at radius 2 is 1.90 bits per heavy atom. The number of ketones is 1. The lowest BCUT2D eigenvalue weighted by atomic mass is 9.93. The van der Waals surface area contributed by atoms with Crippen molar-refractivity contribution in [2.75, 3.05) is 11.9 Å². The molecule has 0 atom stereocenters. The maximum Gasteiger partial charge on any atom is 0.196 e. The van der Waals surface area contributed by atoms with Gasteiger partial charge in [0.25, 0.3) is 0 Å². The van der Waals surface area contributed by atoms with Crippen molar-refractivity contribution in [1.29, 1.82) is 0 Å². The Hall–Kier alpha value is -3.52. The highest BCUT2D eigenvalue weighted by atomic mass is 32.1. The number of thiazole rings is 1. The molecule has 2 aliphatic rings. The summed E-state index contributed by atoms with van der Waals surface area (Å²) in [6, 6.07) is 14.3. The lowest BCUT2D eigenvalue weighted by Crippen LogP contribution is -2.16. The number of hydrogen-bond donors (Lipinski definition) is 1. The van der Waals surface area contributed by atoms with Crippen LogP contribution in [0.3, 0.4) is 0 Å². The Morgan fingerprint density at radius 3 is 2.61 bits per heavy atom. The molecule has 1 aromatic carbocycles. The van der Waals surface area contributed by atoms with E-state index in [2.05, 4.69) is 54.0 Å². The van der Waals surface area contributed by atoms with Gasteiger partial charge >= 0.3 is 0 Å². The average Bonchev–Trinajstić information content (AvgIpc) is 3.79. The Balaban J connectivity index is 0.988. The molecular weight excluding hydrogens is 530 g/mol. The third kappa shape index (κ3) is 5.80. The average molecular weight is 568 g/mol. The van der Waals surface area contributed by atoms with Crippen LogP contribution in [0.25, 0.3) is 26.6 Å². The number of anilines is 1. The highest BCUT2D eigenvalue weighted by molar-refractivity contribution is 7.23. The van der Waals surface area contributed by atoms with Crippen molar-refractivity contribution in [2.45, 2.75) is 77.6 Å². The molecule has 2 saturated carbocycles. The van der Waals surface area contributed by atoms with Gasteiger partial charge in [0.1, 0.15) is 22.2 Å². The SMILES string of the molecule is CC(C)(C)c1cc(CC(=O)Cc2ccc(-c3cn4c(n3)sc3nc(NCC5(CCC6CC6)CC5)ccc34)cc2)no1. The molecule has 5 aromatic rings. The first-order valence-electron chi connectivity index (χ1n) is 14.8. The smallest absolute Gasteiger partial charge is 0.196 e. The van der Waals surface area contributed by atoms with E-state index in [1.165, 1.54) is 38.5 Å². The zero-order valence-electron chi connectivity index (χ0n) is 24.1. The predicted octanol–water partition coefficient (Wildman–Crippen LogP) is 7.63. The number of nitrogens with one attached hydrogen (secondary N) is 1. The molecule has 212 valence electrons. The van der Waals surface area contributed by atoms with Crippen molar-refractivity contribution in [3.8, 4) is 11.3 Å². The van der Waals surface area contributed by atoms with E-state index in [9.17, 15) is 4.79 Å². The molecule has 0 aliphatic heterocycles. The van der Waals surface area contributed by atoms with E-state index in [0.29, 0.717) is 17.5 Å². The van der Waals surface area contributed by atoms with Crippen LogP contribution < -0.4 is 5.32 Å². The minimum Gasteiger partial charge on any atom is -0.369 e. The molecular formula is C33H37N5O2S. The van der Waals surface area contributed by atoms with Gasteiger partial charge in [0.2, 0.25) is 0 Å². The van der Waals surface area contributed by atoms with E-state index in [0.717, 1.165) is 56.2 Å². The van der Waals surface area contributed by atoms with Crippen LogP contribution in [0.5, 0.6) is 0 Å². The number of carbonyl (C=O) groups is 1. The summed E-state index contributed by atoms with van der Waals surface area (Å²) >= 11 is 1.62. The first-order chi connectivity index (χ1) is 19.7. The van der Waals surface area contributed by atoms with Crippen LogP contribution in [-0.2, 0) is 23.1 Å². The summed E-state index contributed by atoms with van der Waals surface area (Å²) in [6.07, 6.45) is 11.1. The van der Waals surface area contributed by atoms with Crippen LogP contribution >= 0.6 is 11.3 Å². The van der Waals surface area contributed by atoms with Gasteiger partial charge < -0.3 is 9.84 Å². The molecule has 2 aliphatic carbocycles. The molecule has 0 bridgehead atoms. The molecule has 2 fully saturated rings. The van der Waals surface area contributed by atoms with Crippen molar-refractivity contribution in [1.82, 2.24) is 19.5 Å². The standard InChI is InChI=1S/C33H37N5O2S/c1-32(2,3)28-18-24(37-40-28)17-25(39)16-22-6-8-23(9-7-22)26-19-38-27-10-11-29(36-30(27)41-31(38)35-26)34-20-33(14-15-33)13-12-21-4-5-21/h6-11,18-19,21H,4-5,12-17,20H2,1-3H3,(H,34,36). The minimum atomic E-state index is -0.123. The van der Waals surface area contributed by atoms with Gasteiger partial charge in [0, 0.05) is 36.2 Å². The summed E-state index contributed by atoms with van der Waals surface area (Å²) in [7, 11) is 0. The van der Waals surface area contributed by atoms with Gasteiger partial charge in [-0.1, -0.05) is 74.4 Å². The van der Waals surface area contributed by atoms with Gasteiger partial charge in [-0.15, -0.1) is 0 Å². The highest BCUT2D eigenvalue weighted by Crippen LogP contribution is 2.52. The summed E-state index contributed by atoms with van der Waals surface area (Å²) in [5.74, 6) is 2.89. The molecule has 8 heteroatoms. The molecule has 4 heterocycles. The minimum absolute atomic E-state index is 0.118.